The van der Waals surface area contributed by atoms with Crippen LogP contribution in [0.15, 0.2) is 18.2 Å². The molecule has 2 nitrogen and oxygen atoms in total. The van der Waals surface area contributed by atoms with Crippen molar-refractivity contribution in [3.63, 3.8) is 0 Å². The van der Waals surface area contributed by atoms with E-state index in [0.717, 1.165) is 16.8 Å². The Hall–Kier alpha value is -1.09. The van der Waals surface area contributed by atoms with Gasteiger partial charge in [0.1, 0.15) is 0 Å². The van der Waals surface area contributed by atoms with Gasteiger partial charge in [-0.05, 0) is 42.1 Å². The number of aryl methyl sites for hydroxylation is 1. The molecule has 0 bridgehead atoms. The summed E-state index contributed by atoms with van der Waals surface area (Å²) in [5, 5.41) is 0. The summed E-state index contributed by atoms with van der Waals surface area (Å²) in [6.07, 6.45) is 0. The number of imidazole rings is 1. The number of hydrogen-bond acceptors (Lipinski definition) is 1. The first kappa shape index (κ1) is 13.3. The summed E-state index contributed by atoms with van der Waals surface area (Å²) in [5.74, 6) is 0.619. The molecular formula is C15H22N2S. The van der Waals surface area contributed by atoms with Crippen molar-refractivity contribution in [1.29, 1.82) is 0 Å². The van der Waals surface area contributed by atoms with Crippen LogP contribution in [0.3, 0.4) is 0 Å². The van der Waals surface area contributed by atoms with Crippen molar-refractivity contribution >= 4 is 23.3 Å². The molecule has 0 unspecified atom stereocenters. The fourth-order valence-electron chi connectivity index (χ4n) is 2.14. The van der Waals surface area contributed by atoms with Gasteiger partial charge in [-0.15, -0.1) is 0 Å². The molecule has 2 aromatic rings. The molecule has 3 heteroatoms. The Labute approximate surface area is 114 Å². The molecule has 0 saturated carbocycles. The molecule has 1 heterocycles. The van der Waals surface area contributed by atoms with Gasteiger partial charge in [-0.3, -0.25) is 0 Å². The average Bonchev–Trinajstić information content (AvgIpc) is 2.56. The Balaban J connectivity index is 2.58. The number of nitrogens with one attached hydrogen (secondary N) is 1. The van der Waals surface area contributed by atoms with Crippen molar-refractivity contribution in [2.24, 2.45) is 11.3 Å². The van der Waals surface area contributed by atoms with Crippen LogP contribution in [-0.2, 0) is 6.54 Å². The number of hydrogen-bond donors (Lipinski definition) is 1. The Morgan fingerprint density at radius 3 is 2.61 bits per heavy atom. The van der Waals surface area contributed by atoms with E-state index in [-0.39, 0.29) is 5.41 Å². The monoisotopic (exact) mass is 262 g/mol. The maximum atomic E-state index is 5.47. The number of nitrogens with zero attached hydrogens (tertiary/aromatic N) is 1. The number of rotatable bonds is 3. The van der Waals surface area contributed by atoms with Gasteiger partial charge >= 0.3 is 0 Å². The Morgan fingerprint density at radius 1 is 1.33 bits per heavy atom. The molecule has 0 atom stereocenters. The highest BCUT2D eigenvalue weighted by atomic mass is 32.1. The second-order valence-electron chi connectivity index (χ2n) is 6.13. The Morgan fingerprint density at radius 2 is 2.00 bits per heavy atom. The lowest BCUT2D eigenvalue weighted by molar-refractivity contribution is 0.211. The van der Waals surface area contributed by atoms with Gasteiger partial charge < -0.3 is 9.55 Å². The minimum absolute atomic E-state index is 0.232. The van der Waals surface area contributed by atoms with Gasteiger partial charge in [0.2, 0.25) is 0 Å². The van der Waals surface area contributed by atoms with Gasteiger partial charge in [0.25, 0.3) is 0 Å². The van der Waals surface area contributed by atoms with Crippen molar-refractivity contribution < 1.29 is 0 Å². The van der Waals surface area contributed by atoms with E-state index in [9.17, 15) is 0 Å². The first-order chi connectivity index (χ1) is 8.33. The molecule has 1 aromatic heterocycles. The summed E-state index contributed by atoms with van der Waals surface area (Å²) in [4.78, 5) is 3.31. The topological polar surface area (TPSA) is 20.7 Å². The normalized spacial score (nSPS) is 12.6. The zero-order valence-electron chi connectivity index (χ0n) is 11.9. The van der Waals surface area contributed by atoms with Crippen LogP contribution in [0.5, 0.6) is 0 Å². The molecule has 0 amide bonds. The van der Waals surface area contributed by atoms with Crippen LogP contribution in [0, 0.1) is 23.0 Å². The van der Waals surface area contributed by atoms with Crippen molar-refractivity contribution in [3.8, 4) is 0 Å². The molecule has 0 aliphatic carbocycles. The number of aromatic amines is 1. The zero-order valence-corrected chi connectivity index (χ0v) is 12.7. The molecule has 1 aromatic carbocycles. The SMILES string of the molecule is Cc1cccc2[nH]c(=S)n(CC(C)(C)C(C)C)c12. The molecule has 0 fully saturated rings. The highest BCUT2D eigenvalue weighted by molar-refractivity contribution is 7.71. The van der Waals surface area contributed by atoms with Gasteiger partial charge in [-0.2, -0.15) is 0 Å². The van der Waals surface area contributed by atoms with E-state index >= 15 is 0 Å². The molecule has 0 spiro atoms. The van der Waals surface area contributed by atoms with E-state index in [1.807, 2.05) is 0 Å². The van der Waals surface area contributed by atoms with Crippen LogP contribution in [-0.4, -0.2) is 9.55 Å². The van der Waals surface area contributed by atoms with Gasteiger partial charge in [0, 0.05) is 6.54 Å². The smallest absolute Gasteiger partial charge is 0.178 e. The average molecular weight is 262 g/mol. The minimum atomic E-state index is 0.232. The molecular weight excluding hydrogens is 240 g/mol. The number of para-hydroxylation sites is 1. The van der Waals surface area contributed by atoms with Crippen LogP contribution < -0.4 is 0 Å². The number of H-pyrrole nitrogens is 1. The lowest BCUT2D eigenvalue weighted by Gasteiger charge is -2.30. The summed E-state index contributed by atoms with van der Waals surface area (Å²) in [6.45, 7) is 12.2. The summed E-state index contributed by atoms with van der Waals surface area (Å²) in [5.41, 5.74) is 3.89. The fourth-order valence-corrected chi connectivity index (χ4v) is 2.41. The van der Waals surface area contributed by atoms with Crippen molar-refractivity contribution in [2.75, 3.05) is 0 Å². The third-order valence-corrected chi connectivity index (χ3v) is 4.45. The minimum Gasteiger partial charge on any atom is -0.331 e. The van der Waals surface area contributed by atoms with E-state index < -0.39 is 0 Å². The standard InChI is InChI=1S/C15H22N2S/c1-10(2)15(4,5)9-17-13-11(3)7-6-8-12(13)16-14(17)18/h6-8,10H,9H2,1-5H3,(H,16,18). The summed E-state index contributed by atoms with van der Waals surface area (Å²) in [6, 6.07) is 6.31. The Bertz CT molecular complexity index is 617. The number of fused-ring (bicyclic) bond motifs is 1. The highest BCUT2D eigenvalue weighted by Crippen LogP contribution is 2.30. The highest BCUT2D eigenvalue weighted by Gasteiger charge is 2.24. The second-order valence-corrected chi connectivity index (χ2v) is 6.52. The molecule has 0 saturated heterocycles. The van der Waals surface area contributed by atoms with Gasteiger partial charge in [0.05, 0.1) is 11.0 Å². The van der Waals surface area contributed by atoms with Gasteiger partial charge in [0.15, 0.2) is 4.77 Å². The van der Waals surface area contributed by atoms with E-state index in [2.05, 4.69) is 62.4 Å². The van der Waals surface area contributed by atoms with Crippen LogP contribution in [0.4, 0.5) is 0 Å². The van der Waals surface area contributed by atoms with E-state index in [1.54, 1.807) is 0 Å². The van der Waals surface area contributed by atoms with Crippen molar-refractivity contribution in [1.82, 2.24) is 9.55 Å². The Kier molecular flexibility index (Phi) is 3.37. The van der Waals surface area contributed by atoms with Crippen LogP contribution in [0.1, 0.15) is 33.3 Å². The zero-order chi connectivity index (χ0) is 13.5. The molecule has 0 aliphatic rings. The predicted molar refractivity (Wildman–Crippen MR) is 80.5 cm³/mol. The lowest BCUT2D eigenvalue weighted by Crippen LogP contribution is -2.25. The van der Waals surface area contributed by atoms with Gasteiger partial charge in [-0.1, -0.05) is 39.8 Å². The van der Waals surface area contributed by atoms with Crippen LogP contribution >= 0.6 is 12.2 Å². The maximum Gasteiger partial charge on any atom is 0.178 e. The van der Waals surface area contributed by atoms with Crippen molar-refractivity contribution in [2.45, 2.75) is 41.2 Å². The van der Waals surface area contributed by atoms with Crippen LogP contribution in [0.2, 0.25) is 0 Å². The summed E-state index contributed by atoms with van der Waals surface area (Å²) in [7, 11) is 0. The summed E-state index contributed by atoms with van der Waals surface area (Å²) >= 11 is 5.47. The first-order valence-electron chi connectivity index (χ1n) is 6.51. The van der Waals surface area contributed by atoms with Crippen LogP contribution in [0.25, 0.3) is 11.0 Å². The maximum absolute atomic E-state index is 5.47. The molecule has 18 heavy (non-hydrogen) atoms. The number of aromatic nitrogens is 2. The first-order valence-corrected chi connectivity index (χ1v) is 6.92. The predicted octanol–water partition coefficient (Wildman–Crippen LogP) is 4.69. The lowest BCUT2D eigenvalue weighted by atomic mass is 9.81. The van der Waals surface area contributed by atoms with E-state index in [4.69, 9.17) is 12.2 Å². The fraction of sp³-hybridized carbons (Fsp3) is 0.533. The van der Waals surface area contributed by atoms with E-state index in [0.29, 0.717) is 5.92 Å². The molecule has 1 N–H and O–H groups in total. The molecule has 2 rings (SSSR count). The molecule has 0 aliphatic heterocycles. The third-order valence-electron chi connectivity index (χ3n) is 4.12. The van der Waals surface area contributed by atoms with Gasteiger partial charge in [-0.25, -0.2) is 0 Å². The third kappa shape index (κ3) is 2.24. The van der Waals surface area contributed by atoms with Crippen molar-refractivity contribution in [3.05, 3.63) is 28.5 Å². The molecule has 98 valence electrons. The largest absolute Gasteiger partial charge is 0.331 e. The molecule has 0 radical (unpaired) electrons. The second kappa shape index (κ2) is 4.54. The van der Waals surface area contributed by atoms with E-state index in [1.165, 1.54) is 11.1 Å². The number of benzene rings is 1. The quantitative estimate of drug-likeness (QED) is 0.796. The summed E-state index contributed by atoms with van der Waals surface area (Å²) < 4.78 is 3.08.